The molecular formula is C64H109N3O32. The van der Waals surface area contributed by atoms with Gasteiger partial charge in [-0.25, -0.2) is 0 Å². The largest absolute Gasteiger partial charge is 0.481 e. The van der Waals surface area contributed by atoms with Crippen LogP contribution in [0.25, 0.3) is 0 Å². The maximum Gasteiger partial charge on any atom is 0.306 e. The lowest BCUT2D eigenvalue weighted by Gasteiger charge is -2.33. The van der Waals surface area contributed by atoms with E-state index in [1.807, 2.05) is 0 Å². The van der Waals surface area contributed by atoms with Crippen molar-refractivity contribution in [1.82, 2.24) is 14.7 Å². The number of amides is 2. The fraction of sp³-hybridized carbons (Fsp3) is 0.812. The van der Waals surface area contributed by atoms with Crippen molar-refractivity contribution in [3.63, 3.8) is 0 Å². The van der Waals surface area contributed by atoms with Crippen LogP contribution in [0.3, 0.4) is 0 Å². The summed E-state index contributed by atoms with van der Waals surface area (Å²) in [5.74, 6) is -12.8. The van der Waals surface area contributed by atoms with Crippen LogP contribution in [0.4, 0.5) is 0 Å². The molecule has 0 rings (SSSR count). The maximum atomic E-state index is 13.6. The molecule has 0 saturated heterocycles. The molecule has 35 nitrogen and oxygen atoms in total. The van der Waals surface area contributed by atoms with E-state index in [-0.39, 0.29) is 59.2 Å². The zero-order valence-corrected chi connectivity index (χ0v) is 58.4. The molecule has 6 N–H and O–H groups in total. The molecule has 0 aromatic heterocycles. The number of methoxy groups -OCH3 is 2. The number of hydrogen-bond donors (Lipinski definition) is 6. The highest BCUT2D eigenvalue weighted by atomic mass is 16.7. The fourth-order valence-corrected chi connectivity index (χ4v) is 8.97. The Bertz CT molecular complexity index is 2180. The molecule has 0 radical (unpaired) electrons. The summed E-state index contributed by atoms with van der Waals surface area (Å²) in [7, 11) is 3.03. The molecular weight excluding hydrogens is 1320 g/mol. The summed E-state index contributed by atoms with van der Waals surface area (Å²) in [5.41, 5.74) is 0. The monoisotopic (exact) mass is 1430 g/mol. The quantitative estimate of drug-likeness (QED) is 0.0220. The van der Waals surface area contributed by atoms with E-state index in [2.05, 4.69) is 6.92 Å². The van der Waals surface area contributed by atoms with E-state index < -0.39 is 237 Å². The molecule has 2 amide bonds. The SMILES string of the molecule is CCCCCCCCN(CC(COCOCC(CN(C(=O)CCC(=O)O)C(C)COC(C)COCCOC)OC(=O)CCC(=O)O)OC(=O)CCC(=O)O)CC(COCOCC(CN(C(=O)CCC(=O)O)C(C)COC(C)COCCOC)OC(=O)CCC(=O)O)OC(=O)CCC(=O)O. The molecule has 8 unspecified atom stereocenters. The van der Waals surface area contributed by atoms with Gasteiger partial charge in [0.1, 0.15) is 38.0 Å². The van der Waals surface area contributed by atoms with E-state index in [1.165, 1.54) is 24.0 Å². The van der Waals surface area contributed by atoms with Crippen molar-refractivity contribution >= 4 is 71.5 Å². The van der Waals surface area contributed by atoms with Crippen molar-refractivity contribution in [2.24, 2.45) is 0 Å². The van der Waals surface area contributed by atoms with Crippen molar-refractivity contribution < 1.29 is 154 Å². The van der Waals surface area contributed by atoms with Gasteiger partial charge in [0.2, 0.25) is 11.8 Å². The Morgan fingerprint density at radius 1 is 0.333 bits per heavy atom. The molecule has 99 heavy (non-hydrogen) atoms. The molecule has 35 heteroatoms. The molecule has 0 aromatic rings. The Labute approximate surface area is 577 Å². The highest BCUT2D eigenvalue weighted by molar-refractivity contribution is 5.82. The first-order valence-corrected chi connectivity index (χ1v) is 33.2. The van der Waals surface area contributed by atoms with E-state index in [0.717, 1.165) is 32.1 Å². The average Bonchev–Trinajstić information content (AvgIpc) is 0.900. The Morgan fingerprint density at radius 3 is 0.929 bits per heavy atom. The second kappa shape index (κ2) is 57.9. The molecule has 572 valence electrons. The van der Waals surface area contributed by atoms with Crippen molar-refractivity contribution in [2.75, 3.05) is 140 Å². The van der Waals surface area contributed by atoms with Gasteiger partial charge in [0, 0.05) is 40.2 Å². The summed E-state index contributed by atoms with van der Waals surface area (Å²) in [5, 5.41) is 56.1. The standard InChI is InChI=1S/C64H109N3O32/c1-8-9-10-11-12-13-26-65(31-49(96-61(82)22-18-57(74)75)39-90-43-92-41-51(98-63(84)24-20-59(78)79)33-66(53(68)14-16-55(70)71)45(2)35-94-47(4)37-88-29-27-86-6)32-50(97-62(83)23-19-58(76)77)40-91-44-93-42-52(99-64(85)25-21-60(80)81)34-67(54(69)15-17-56(72)73)46(3)36-95-48(5)38-89-30-28-87-7/h45-52H,8-44H2,1-7H3,(H,70,71)(H,72,73)(H,74,75)(H,76,77)(H,78,79)(H,80,81). The van der Waals surface area contributed by atoms with Crippen LogP contribution in [-0.4, -0.2) is 305 Å². The predicted octanol–water partition coefficient (Wildman–Crippen LogP) is 3.04. The zero-order chi connectivity index (χ0) is 74.3. The van der Waals surface area contributed by atoms with Crippen LogP contribution in [0, 0.1) is 0 Å². The number of carbonyl (C=O) groups is 12. The number of nitrogens with zero attached hydrogens (tertiary/aromatic N) is 3. The first kappa shape index (κ1) is 92.2. The van der Waals surface area contributed by atoms with Gasteiger partial charge >= 0.3 is 59.7 Å². The van der Waals surface area contributed by atoms with Crippen molar-refractivity contribution in [2.45, 2.75) is 199 Å². The topological polar surface area (TPSA) is 465 Å². The number of carbonyl (C=O) groups excluding carboxylic acids is 6. The third-order valence-electron chi connectivity index (χ3n) is 14.1. The molecule has 0 fully saturated rings. The normalized spacial score (nSPS) is 13.8. The van der Waals surface area contributed by atoms with Gasteiger partial charge in [0.15, 0.2) is 0 Å². The van der Waals surface area contributed by atoms with Crippen LogP contribution in [-0.2, 0) is 124 Å². The lowest BCUT2D eigenvalue weighted by molar-refractivity contribution is -0.168. The van der Waals surface area contributed by atoms with Crippen LogP contribution in [0.15, 0.2) is 0 Å². The third kappa shape index (κ3) is 52.8. The number of ether oxygens (including phenoxy) is 14. The highest BCUT2D eigenvalue weighted by Gasteiger charge is 2.31. The van der Waals surface area contributed by atoms with Crippen molar-refractivity contribution in [3.05, 3.63) is 0 Å². The number of rotatable bonds is 67. The van der Waals surface area contributed by atoms with Gasteiger partial charge in [-0.15, -0.1) is 0 Å². The van der Waals surface area contributed by atoms with Gasteiger partial charge < -0.3 is 107 Å². The molecule has 8 atom stereocenters. The first-order chi connectivity index (χ1) is 47.1. The Kier molecular flexibility index (Phi) is 53.9. The third-order valence-corrected chi connectivity index (χ3v) is 14.1. The number of esters is 4. The van der Waals surface area contributed by atoms with Gasteiger partial charge in [-0.2, -0.15) is 0 Å². The molecule has 0 aliphatic heterocycles. The fourth-order valence-electron chi connectivity index (χ4n) is 8.97. The maximum absolute atomic E-state index is 13.6. The zero-order valence-electron chi connectivity index (χ0n) is 58.4. The van der Waals surface area contributed by atoms with Gasteiger partial charge in [-0.3, -0.25) is 62.4 Å². The minimum atomic E-state index is -1.31. The second-order valence-electron chi connectivity index (χ2n) is 23.3. The number of aliphatic carboxylic acids is 6. The Balaban J connectivity index is 7.07. The van der Waals surface area contributed by atoms with Gasteiger partial charge in [-0.05, 0) is 40.7 Å². The number of unbranched alkanes of at least 4 members (excludes halogenated alkanes) is 5. The van der Waals surface area contributed by atoms with Gasteiger partial charge in [-0.1, -0.05) is 39.0 Å². The Morgan fingerprint density at radius 2 is 0.626 bits per heavy atom. The molecule has 0 heterocycles. The van der Waals surface area contributed by atoms with Crippen LogP contribution in [0.5, 0.6) is 0 Å². The number of carboxylic acids is 6. The number of hydrogen-bond acceptors (Lipinski definition) is 27. The van der Waals surface area contributed by atoms with E-state index in [1.54, 1.807) is 32.6 Å². The summed E-state index contributed by atoms with van der Waals surface area (Å²) in [4.78, 5) is 153. The average molecular weight is 1430 g/mol. The lowest BCUT2D eigenvalue weighted by atomic mass is 10.1. The summed E-state index contributed by atoms with van der Waals surface area (Å²) < 4.78 is 78.9. The van der Waals surface area contributed by atoms with E-state index in [0.29, 0.717) is 32.8 Å². The molecule has 0 bridgehead atoms. The van der Waals surface area contributed by atoms with Gasteiger partial charge in [0.05, 0.1) is 181 Å². The minimum absolute atomic E-state index is 0.0781. The van der Waals surface area contributed by atoms with Crippen molar-refractivity contribution in [3.8, 4) is 0 Å². The van der Waals surface area contributed by atoms with Crippen LogP contribution in [0.2, 0.25) is 0 Å². The van der Waals surface area contributed by atoms with Crippen LogP contribution in [0.1, 0.15) is 150 Å². The smallest absolute Gasteiger partial charge is 0.306 e. The lowest BCUT2D eigenvalue weighted by Crippen LogP contribution is -2.48. The van der Waals surface area contributed by atoms with E-state index in [9.17, 15) is 88.2 Å². The number of carboxylic acid groups (broad SMARTS) is 6. The minimum Gasteiger partial charge on any atom is -0.481 e. The van der Waals surface area contributed by atoms with Crippen LogP contribution < -0.4 is 0 Å². The molecule has 0 saturated carbocycles. The van der Waals surface area contributed by atoms with Crippen LogP contribution >= 0.6 is 0 Å². The highest BCUT2D eigenvalue weighted by Crippen LogP contribution is 2.16. The second-order valence-corrected chi connectivity index (χ2v) is 23.3. The summed E-state index contributed by atoms with van der Waals surface area (Å²) in [6, 6.07) is -1.50. The van der Waals surface area contributed by atoms with Crippen molar-refractivity contribution in [1.29, 1.82) is 0 Å². The Hall–Kier alpha value is -6.80. The van der Waals surface area contributed by atoms with Gasteiger partial charge in [0.25, 0.3) is 0 Å². The molecule has 0 aliphatic rings. The van der Waals surface area contributed by atoms with E-state index >= 15 is 0 Å². The summed E-state index contributed by atoms with van der Waals surface area (Å²) >= 11 is 0. The molecule has 0 spiro atoms. The molecule has 0 aliphatic carbocycles. The predicted molar refractivity (Wildman–Crippen MR) is 343 cm³/mol. The van der Waals surface area contributed by atoms with E-state index in [4.69, 9.17) is 66.3 Å². The first-order valence-electron chi connectivity index (χ1n) is 33.2. The molecule has 0 aromatic carbocycles. The summed E-state index contributed by atoms with van der Waals surface area (Å²) in [6.07, 6.45) is -7.63. The summed E-state index contributed by atoms with van der Waals surface area (Å²) in [6.45, 7) is 6.24.